The monoisotopic (exact) mass is 374 g/mol. The number of aromatic carboxylic acids is 1. The van der Waals surface area contributed by atoms with E-state index in [1.807, 2.05) is 11.4 Å². The van der Waals surface area contributed by atoms with E-state index in [9.17, 15) is 19.3 Å². The van der Waals surface area contributed by atoms with E-state index in [0.717, 1.165) is 15.4 Å². The summed E-state index contributed by atoms with van der Waals surface area (Å²) < 4.78 is 14.3. The van der Waals surface area contributed by atoms with Crippen molar-refractivity contribution in [2.45, 2.75) is 6.54 Å². The maximum absolute atomic E-state index is 13.5. The molecule has 110 valence electrons. The lowest BCUT2D eigenvalue weighted by Gasteiger charge is -2.08. The van der Waals surface area contributed by atoms with Gasteiger partial charge in [-0.15, -0.1) is 11.3 Å². The standard InChI is InChI=1S/C12H8BrFN2O4S/c13-7-1-2-21-11(7)5-15-9-3-6(12(17)18)8(14)4-10(9)16(19)20/h1-4,15H,5H2,(H,17,18). The van der Waals surface area contributed by atoms with E-state index < -0.39 is 28.0 Å². The minimum absolute atomic E-state index is 0.0425. The number of thiophene rings is 1. The average Bonchev–Trinajstić information content (AvgIpc) is 2.82. The molecule has 2 aromatic rings. The van der Waals surface area contributed by atoms with E-state index in [-0.39, 0.29) is 12.2 Å². The van der Waals surface area contributed by atoms with Gasteiger partial charge >= 0.3 is 5.97 Å². The van der Waals surface area contributed by atoms with Crippen LogP contribution < -0.4 is 5.32 Å². The second-order valence-electron chi connectivity index (χ2n) is 3.96. The third-order valence-electron chi connectivity index (χ3n) is 2.64. The van der Waals surface area contributed by atoms with Crippen molar-refractivity contribution in [3.63, 3.8) is 0 Å². The summed E-state index contributed by atoms with van der Waals surface area (Å²) in [5, 5.41) is 24.4. The van der Waals surface area contributed by atoms with Gasteiger partial charge in [0.25, 0.3) is 5.69 Å². The number of nitro benzene ring substituents is 1. The molecule has 2 N–H and O–H groups in total. The van der Waals surface area contributed by atoms with Crippen molar-refractivity contribution in [2.24, 2.45) is 0 Å². The van der Waals surface area contributed by atoms with Gasteiger partial charge in [0.15, 0.2) is 0 Å². The zero-order chi connectivity index (χ0) is 15.6. The number of carbonyl (C=O) groups is 1. The second-order valence-corrected chi connectivity index (χ2v) is 5.81. The van der Waals surface area contributed by atoms with Crippen molar-refractivity contribution in [3.8, 4) is 0 Å². The summed E-state index contributed by atoms with van der Waals surface area (Å²) in [5.41, 5.74) is -1.17. The van der Waals surface area contributed by atoms with Gasteiger partial charge in [0.1, 0.15) is 11.5 Å². The average molecular weight is 375 g/mol. The van der Waals surface area contributed by atoms with E-state index in [1.54, 1.807) is 0 Å². The maximum atomic E-state index is 13.5. The molecule has 0 radical (unpaired) electrons. The SMILES string of the molecule is O=C(O)c1cc(NCc2sccc2Br)c([N+](=O)[O-])cc1F. The lowest BCUT2D eigenvalue weighted by atomic mass is 10.1. The maximum Gasteiger partial charge on any atom is 0.338 e. The van der Waals surface area contributed by atoms with E-state index >= 15 is 0 Å². The molecule has 0 amide bonds. The molecule has 1 aromatic heterocycles. The Morgan fingerprint density at radius 1 is 1.52 bits per heavy atom. The van der Waals surface area contributed by atoms with Gasteiger partial charge in [-0.3, -0.25) is 10.1 Å². The predicted octanol–water partition coefficient (Wildman–Crippen LogP) is 3.87. The molecule has 0 aliphatic carbocycles. The molecule has 9 heteroatoms. The molecule has 0 saturated carbocycles. The van der Waals surface area contributed by atoms with Gasteiger partial charge in [0, 0.05) is 9.35 Å². The molecule has 0 bridgehead atoms. The molecule has 2 rings (SSSR count). The first-order valence-electron chi connectivity index (χ1n) is 5.57. The Bertz CT molecular complexity index is 719. The number of hydrogen-bond donors (Lipinski definition) is 2. The zero-order valence-corrected chi connectivity index (χ0v) is 12.7. The number of rotatable bonds is 5. The first kappa shape index (κ1) is 15.4. The van der Waals surface area contributed by atoms with Crippen LogP contribution >= 0.6 is 27.3 Å². The fourth-order valence-electron chi connectivity index (χ4n) is 1.65. The number of nitrogens with zero attached hydrogens (tertiary/aromatic N) is 1. The molecule has 0 saturated heterocycles. The number of carboxylic acid groups (broad SMARTS) is 1. The van der Waals surface area contributed by atoms with Crippen LogP contribution in [0.4, 0.5) is 15.8 Å². The van der Waals surface area contributed by atoms with Crippen molar-refractivity contribution in [1.29, 1.82) is 0 Å². The molecule has 6 nitrogen and oxygen atoms in total. The van der Waals surface area contributed by atoms with Crippen LogP contribution in [0, 0.1) is 15.9 Å². The Kier molecular flexibility index (Phi) is 4.53. The first-order valence-corrected chi connectivity index (χ1v) is 7.24. The highest BCUT2D eigenvalue weighted by atomic mass is 79.9. The molecule has 0 unspecified atom stereocenters. The Morgan fingerprint density at radius 2 is 2.24 bits per heavy atom. The summed E-state index contributed by atoms with van der Waals surface area (Å²) in [4.78, 5) is 21.9. The molecule has 21 heavy (non-hydrogen) atoms. The van der Waals surface area contributed by atoms with Gasteiger partial charge in [-0.25, -0.2) is 9.18 Å². The van der Waals surface area contributed by atoms with Gasteiger partial charge in [0.05, 0.1) is 23.1 Å². The van der Waals surface area contributed by atoms with Crippen molar-refractivity contribution in [2.75, 3.05) is 5.32 Å². The van der Waals surface area contributed by atoms with E-state index in [4.69, 9.17) is 5.11 Å². The summed E-state index contributed by atoms with van der Waals surface area (Å²) in [6.45, 7) is 0.254. The Balaban J connectivity index is 2.36. The normalized spacial score (nSPS) is 10.4. The third-order valence-corrected chi connectivity index (χ3v) is 4.57. The van der Waals surface area contributed by atoms with Crippen LogP contribution in [0.5, 0.6) is 0 Å². The van der Waals surface area contributed by atoms with Crippen LogP contribution in [0.1, 0.15) is 15.2 Å². The molecule has 0 aliphatic rings. The number of halogens is 2. The Labute approximate surface area is 130 Å². The zero-order valence-electron chi connectivity index (χ0n) is 10.3. The van der Waals surface area contributed by atoms with Crippen LogP contribution in [-0.4, -0.2) is 16.0 Å². The first-order chi connectivity index (χ1) is 9.90. The van der Waals surface area contributed by atoms with Crippen LogP contribution in [0.3, 0.4) is 0 Å². The number of nitrogens with one attached hydrogen (secondary N) is 1. The van der Waals surface area contributed by atoms with Gasteiger partial charge in [-0.05, 0) is 33.4 Å². The second kappa shape index (κ2) is 6.19. The lowest BCUT2D eigenvalue weighted by Crippen LogP contribution is -2.07. The van der Waals surface area contributed by atoms with Crippen LogP contribution in [-0.2, 0) is 6.54 Å². The number of anilines is 1. The van der Waals surface area contributed by atoms with Crippen molar-refractivity contribution in [3.05, 3.63) is 54.4 Å². The van der Waals surface area contributed by atoms with Gasteiger partial charge in [0.2, 0.25) is 0 Å². The molecule has 0 fully saturated rings. The lowest BCUT2D eigenvalue weighted by molar-refractivity contribution is -0.384. The summed E-state index contributed by atoms with van der Waals surface area (Å²) in [7, 11) is 0. The minimum Gasteiger partial charge on any atom is -0.478 e. The van der Waals surface area contributed by atoms with Crippen LogP contribution in [0.2, 0.25) is 0 Å². The summed E-state index contributed by atoms with van der Waals surface area (Å²) >= 11 is 4.75. The van der Waals surface area contributed by atoms with Crippen molar-refractivity contribution in [1.82, 2.24) is 0 Å². The van der Waals surface area contributed by atoms with Crippen LogP contribution in [0.15, 0.2) is 28.1 Å². The van der Waals surface area contributed by atoms with E-state index in [2.05, 4.69) is 21.2 Å². The number of carboxylic acids is 1. The summed E-state index contributed by atoms with van der Waals surface area (Å²) in [6.07, 6.45) is 0. The fraction of sp³-hybridized carbons (Fsp3) is 0.0833. The highest BCUT2D eigenvalue weighted by molar-refractivity contribution is 9.10. The summed E-state index contributed by atoms with van der Waals surface area (Å²) in [5.74, 6) is -2.63. The molecule has 0 atom stereocenters. The third kappa shape index (κ3) is 3.37. The predicted molar refractivity (Wildman–Crippen MR) is 79.4 cm³/mol. The van der Waals surface area contributed by atoms with Crippen LogP contribution in [0.25, 0.3) is 0 Å². The minimum atomic E-state index is -1.48. The highest BCUT2D eigenvalue weighted by Gasteiger charge is 2.21. The molecule has 0 spiro atoms. The molecule has 0 aliphatic heterocycles. The number of benzene rings is 1. The topological polar surface area (TPSA) is 92.5 Å². The van der Waals surface area contributed by atoms with E-state index in [0.29, 0.717) is 6.07 Å². The molecule has 1 aromatic carbocycles. The quantitative estimate of drug-likeness (QED) is 0.612. The van der Waals surface area contributed by atoms with Gasteiger partial charge in [-0.2, -0.15) is 0 Å². The molecule has 1 heterocycles. The summed E-state index contributed by atoms with van der Waals surface area (Å²) in [6, 6.07) is 3.36. The number of hydrogen-bond acceptors (Lipinski definition) is 5. The number of nitro groups is 1. The van der Waals surface area contributed by atoms with E-state index in [1.165, 1.54) is 11.3 Å². The Morgan fingerprint density at radius 3 is 2.76 bits per heavy atom. The van der Waals surface area contributed by atoms with Crippen molar-refractivity contribution < 1.29 is 19.2 Å². The Hall–Kier alpha value is -2.00. The van der Waals surface area contributed by atoms with Gasteiger partial charge < -0.3 is 10.4 Å². The smallest absolute Gasteiger partial charge is 0.338 e. The molecular weight excluding hydrogens is 367 g/mol. The molecular formula is C12H8BrFN2O4S. The van der Waals surface area contributed by atoms with Gasteiger partial charge in [-0.1, -0.05) is 0 Å². The highest BCUT2D eigenvalue weighted by Crippen LogP contribution is 2.30. The fourth-order valence-corrected chi connectivity index (χ4v) is 3.08. The van der Waals surface area contributed by atoms with Crippen molar-refractivity contribution >= 4 is 44.6 Å². The largest absolute Gasteiger partial charge is 0.478 e.